The fourth-order valence-electron chi connectivity index (χ4n) is 2.35. The lowest BCUT2D eigenvalue weighted by Gasteiger charge is -2.10. The number of benzene rings is 1. The molecule has 0 aliphatic rings. The first-order chi connectivity index (χ1) is 11.7. The van der Waals surface area contributed by atoms with Crippen LogP contribution in [0.3, 0.4) is 0 Å². The molecule has 0 saturated heterocycles. The monoisotopic (exact) mass is 354 g/mol. The lowest BCUT2D eigenvalue weighted by atomic mass is 10.2. The highest BCUT2D eigenvalue weighted by molar-refractivity contribution is 7.99. The van der Waals surface area contributed by atoms with Gasteiger partial charge in [0, 0.05) is 5.39 Å². The summed E-state index contributed by atoms with van der Waals surface area (Å²) in [5.74, 6) is 2.00. The van der Waals surface area contributed by atoms with Gasteiger partial charge < -0.3 is 4.52 Å². The zero-order chi connectivity index (χ0) is 16.5. The van der Waals surface area contributed by atoms with Gasteiger partial charge in [-0.25, -0.2) is 9.97 Å². The molecule has 5 nitrogen and oxygen atoms in total. The van der Waals surface area contributed by atoms with Crippen molar-refractivity contribution in [3.8, 4) is 10.7 Å². The fraction of sp³-hybridized carbons (Fsp3) is 0.176. The topological polar surface area (TPSA) is 64.7 Å². The Hall–Kier alpha value is -2.25. The van der Waals surface area contributed by atoms with Gasteiger partial charge in [-0.3, -0.25) is 0 Å². The standard InChI is InChI=1S/C17H14N4OS2/c1-10(16-18-11(2)21-22-16)24-17-12-6-3-4-7-13(12)19-15(20-17)14-8-5-9-23-14/h3-10H,1-2H3. The van der Waals surface area contributed by atoms with E-state index in [1.165, 1.54) is 0 Å². The molecule has 0 amide bonds. The maximum absolute atomic E-state index is 5.29. The summed E-state index contributed by atoms with van der Waals surface area (Å²) in [5.41, 5.74) is 0.937. The fourth-order valence-corrected chi connectivity index (χ4v) is 3.98. The van der Waals surface area contributed by atoms with E-state index in [2.05, 4.69) is 10.1 Å². The highest BCUT2D eigenvalue weighted by Gasteiger charge is 2.18. The highest BCUT2D eigenvalue weighted by Crippen LogP contribution is 2.37. The Bertz CT molecular complexity index is 981. The molecular weight excluding hydrogens is 340 g/mol. The first kappa shape index (κ1) is 15.3. The van der Waals surface area contributed by atoms with Gasteiger partial charge in [0.15, 0.2) is 11.6 Å². The van der Waals surface area contributed by atoms with Crippen LogP contribution in [0.25, 0.3) is 21.6 Å². The number of hydrogen-bond donors (Lipinski definition) is 0. The molecule has 3 heterocycles. The van der Waals surface area contributed by atoms with Crippen molar-refractivity contribution in [2.75, 3.05) is 0 Å². The lowest BCUT2D eigenvalue weighted by Crippen LogP contribution is -1.95. The van der Waals surface area contributed by atoms with E-state index in [9.17, 15) is 0 Å². The van der Waals surface area contributed by atoms with Gasteiger partial charge in [-0.15, -0.1) is 11.3 Å². The van der Waals surface area contributed by atoms with Crippen molar-refractivity contribution < 1.29 is 4.52 Å². The van der Waals surface area contributed by atoms with Crippen LogP contribution in [-0.2, 0) is 0 Å². The molecule has 1 atom stereocenters. The quantitative estimate of drug-likeness (QED) is 0.383. The van der Waals surface area contributed by atoms with Crippen molar-refractivity contribution in [1.29, 1.82) is 0 Å². The number of fused-ring (bicyclic) bond motifs is 1. The molecule has 0 aliphatic heterocycles. The normalized spacial score (nSPS) is 12.6. The zero-order valence-electron chi connectivity index (χ0n) is 13.1. The van der Waals surface area contributed by atoms with Crippen LogP contribution in [0.2, 0.25) is 0 Å². The first-order valence-corrected chi connectivity index (χ1v) is 9.24. The van der Waals surface area contributed by atoms with Crippen molar-refractivity contribution in [3.05, 3.63) is 53.5 Å². The number of thioether (sulfide) groups is 1. The Kier molecular flexibility index (Phi) is 4.03. The first-order valence-electron chi connectivity index (χ1n) is 7.48. The zero-order valence-corrected chi connectivity index (χ0v) is 14.8. The van der Waals surface area contributed by atoms with Crippen LogP contribution in [0, 0.1) is 6.92 Å². The van der Waals surface area contributed by atoms with Crippen LogP contribution < -0.4 is 0 Å². The highest BCUT2D eigenvalue weighted by atomic mass is 32.2. The molecule has 0 fully saturated rings. The van der Waals surface area contributed by atoms with Gasteiger partial charge in [0.1, 0.15) is 5.03 Å². The summed E-state index contributed by atoms with van der Waals surface area (Å²) in [5, 5.41) is 7.87. The average molecular weight is 354 g/mol. The van der Waals surface area contributed by atoms with Gasteiger partial charge in [0.2, 0.25) is 5.89 Å². The molecule has 0 spiro atoms. The van der Waals surface area contributed by atoms with Crippen molar-refractivity contribution in [2.24, 2.45) is 0 Å². The smallest absolute Gasteiger partial charge is 0.239 e. The maximum atomic E-state index is 5.29. The summed E-state index contributed by atoms with van der Waals surface area (Å²) < 4.78 is 5.29. The molecule has 1 unspecified atom stereocenters. The predicted molar refractivity (Wildman–Crippen MR) is 96.2 cm³/mol. The van der Waals surface area contributed by atoms with Gasteiger partial charge in [0.05, 0.1) is 15.6 Å². The van der Waals surface area contributed by atoms with Gasteiger partial charge in [-0.2, -0.15) is 4.98 Å². The number of aromatic nitrogens is 4. The molecule has 0 aliphatic carbocycles. The minimum absolute atomic E-state index is 0.0145. The van der Waals surface area contributed by atoms with Crippen LogP contribution in [0.15, 0.2) is 51.3 Å². The van der Waals surface area contributed by atoms with E-state index in [0.717, 1.165) is 26.6 Å². The van der Waals surface area contributed by atoms with Crippen molar-refractivity contribution in [1.82, 2.24) is 20.1 Å². The minimum Gasteiger partial charge on any atom is -0.338 e. The summed E-state index contributed by atoms with van der Waals surface area (Å²) in [7, 11) is 0. The summed E-state index contributed by atoms with van der Waals surface area (Å²) in [6.45, 7) is 3.86. The second kappa shape index (κ2) is 6.33. The molecule has 24 heavy (non-hydrogen) atoms. The molecule has 7 heteroatoms. The van der Waals surface area contributed by atoms with E-state index in [-0.39, 0.29) is 5.25 Å². The summed E-state index contributed by atoms with van der Waals surface area (Å²) in [6.07, 6.45) is 0. The van der Waals surface area contributed by atoms with Gasteiger partial charge >= 0.3 is 0 Å². The molecule has 4 aromatic rings. The molecule has 0 N–H and O–H groups in total. The van der Waals surface area contributed by atoms with Gasteiger partial charge in [0.25, 0.3) is 0 Å². The van der Waals surface area contributed by atoms with Crippen molar-refractivity contribution in [3.63, 3.8) is 0 Å². The third-order valence-corrected chi connectivity index (χ3v) is 5.44. The minimum atomic E-state index is 0.0145. The Labute approximate surface area is 147 Å². The number of aryl methyl sites for hydroxylation is 1. The Morgan fingerprint density at radius 3 is 2.71 bits per heavy atom. The number of para-hydroxylation sites is 1. The molecular formula is C17H14N4OS2. The van der Waals surface area contributed by atoms with E-state index < -0.39 is 0 Å². The summed E-state index contributed by atoms with van der Waals surface area (Å²) in [4.78, 5) is 14.9. The van der Waals surface area contributed by atoms with E-state index in [1.54, 1.807) is 23.1 Å². The van der Waals surface area contributed by atoms with Crippen molar-refractivity contribution in [2.45, 2.75) is 24.1 Å². The maximum Gasteiger partial charge on any atom is 0.239 e. The Morgan fingerprint density at radius 2 is 1.96 bits per heavy atom. The van der Waals surface area contributed by atoms with Crippen molar-refractivity contribution >= 4 is 34.0 Å². The molecule has 0 bridgehead atoms. The van der Waals surface area contributed by atoms with Gasteiger partial charge in [-0.1, -0.05) is 41.2 Å². The largest absolute Gasteiger partial charge is 0.338 e. The lowest BCUT2D eigenvalue weighted by molar-refractivity contribution is 0.376. The Balaban J connectivity index is 1.78. The molecule has 120 valence electrons. The number of hydrogen-bond acceptors (Lipinski definition) is 7. The van der Waals surface area contributed by atoms with E-state index in [1.807, 2.05) is 55.6 Å². The second-order valence-corrected chi connectivity index (χ2v) is 7.56. The van der Waals surface area contributed by atoms with Crippen LogP contribution in [-0.4, -0.2) is 20.1 Å². The second-order valence-electron chi connectivity index (χ2n) is 5.29. The summed E-state index contributed by atoms with van der Waals surface area (Å²) >= 11 is 3.24. The Morgan fingerprint density at radius 1 is 1.08 bits per heavy atom. The molecule has 0 radical (unpaired) electrons. The summed E-state index contributed by atoms with van der Waals surface area (Å²) in [6, 6.07) is 12.1. The van der Waals surface area contributed by atoms with Crippen LogP contribution >= 0.6 is 23.1 Å². The number of nitrogens with zero attached hydrogens (tertiary/aromatic N) is 4. The number of rotatable bonds is 4. The SMILES string of the molecule is Cc1noc(C(C)Sc2nc(-c3cccs3)nc3ccccc23)n1. The van der Waals surface area contributed by atoms with E-state index in [4.69, 9.17) is 14.5 Å². The van der Waals surface area contributed by atoms with Crippen LogP contribution in [0.5, 0.6) is 0 Å². The number of thiophene rings is 1. The van der Waals surface area contributed by atoms with Gasteiger partial charge in [-0.05, 0) is 31.4 Å². The van der Waals surface area contributed by atoms with Crippen LogP contribution in [0.4, 0.5) is 0 Å². The van der Waals surface area contributed by atoms with E-state index >= 15 is 0 Å². The van der Waals surface area contributed by atoms with E-state index in [0.29, 0.717) is 11.7 Å². The molecule has 0 saturated carbocycles. The molecule has 4 rings (SSSR count). The molecule has 3 aromatic heterocycles. The third kappa shape index (κ3) is 2.92. The average Bonchev–Trinajstić information content (AvgIpc) is 3.26. The predicted octanol–water partition coefficient (Wildman–Crippen LogP) is 4.90. The van der Waals surface area contributed by atoms with Crippen LogP contribution in [0.1, 0.15) is 23.9 Å². The third-order valence-electron chi connectivity index (χ3n) is 3.49. The molecule has 1 aromatic carbocycles.